The van der Waals surface area contributed by atoms with Crippen LogP contribution in [0.2, 0.25) is 0 Å². The van der Waals surface area contributed by atoms with E-state index in [9.17, 15) is 4.79 Å². The number of ether oxygens (including phenoxy) is 1. The van der Waals surface area contributed by atoms with Gasteiger partial charge in [-0.05, 0) is 65.1 Å². The van der Waals surface area contributed by atoms with E-state index in [2.05, 4.69) is 43.3 Å². The van der Waals surface area contributed by atoms with Crippen LogP contribution in [0, 0.1) is 0 Å². The molecule has 0 spiro atoms. The van der Waals surface area contributed by atoms with Gasteiger partial charge in [0, 0.05) is 16.7 Å². The molecule has 1 amide bonds. The number of hydrogen-bond donors (Lipinski definition) is 1. The minimum Gasteiger partial charge on any atom is -0.497 e. The maximum Gasteiger partial charge on any atom is 0.239 e. The average molecular weight is 390 g/mol. The van der Waals surface area contributed by atoms with Crippen molar-refractivity contribution in [2.24, 2.45) is 0 Å². The predicted octanol–water partition coefficient (Wildman–Crippen LogP) is 3.63. The topological polar surface area (TPSA) is 54.5 Å². The van der Waals surface area contributed by atoms with Crippen LogP contribution in [0.3, 0.4) is 0 Å². The Labute approximate surface area is 150 Å². The summed E-state index contributed by atoms with van der Waals surface area (Å²) in [6.45, 7) is 1.30. The summed E-state index contributed by atoms with van der Waals surface area (Å²) < 4.78 is 6.10. The summed E-state index contributed by atoms with van der Waals surface area (Å²) in [7, 11) is 1.66. The van der Waals surface area contributed by atoms with Crippen LogP contribution in [0.4, 0.5) is 5.82 Å². The molecule has 2 aromatic rings. The number of halogens is 1. The second kappa shape index (κ2) is 7.77. The molecule has 2 heterocycles. The van der Waals surface area contributed by atoms with Gasteiger partial charge in [-0.1, -0.05) is 12.1 Å². The summed E-state index contributed by atoms with van der Waals surface area (Å²) in [5, 5.41) is 2.85. The average Bonchev–Trinajstić information content (AvgIpc) is 3.05. The lowest BCUT2D eigenvalue weighted by atomic mass is 10.0. The fourth-order valence-corrected chi connectivity index (χ4v) is 3.27. The van der Waals surface area contributed by atoms with Gasteiger partial charge in [-0.2, -0.15) is 0 Å². The Balaban J connectivity index is 1.62. The number of hydrogen-bond acceptors (Lipinski definition) is 4. The summed E-state index contributed by atoms with van der Waals surface area (Å²) >= 11 is 3.33. The molecule has 1 saturated heterocycles. The molecule has 1 aromatic carbocycles. The molecule has 1 aliphatic heterocycles. The third-order valence-corrected chi connectivity index (χ3v) is 4.67. The van der Waals surface area contributed by atoms with Crippen molar-refractivity contribution in [3.63, 3.8) is 0 Å². The first-order chi connectivity index (χ1) is 11.7. The summed E-state index contributed by atoms with van der Waals surface area (Å²) in [6, 6.07) is 12.0. The van der Waals surface area contributed by atoms with Gasteiger partial charge in [-0.15, -0.1) is 0 Å². The zero-order valence-corrected chi connectivity index (χ0v) is 15.1. The van der Waals surface area contributed by atoms with Crippen LogP contribution in [0.15, 0.2) is 47.1 Å². The third-order valence-electron chi connectivity index (χ3n) is 4.21. The predicted molar refractivity (Wildman–Crippen MR) is 97.1 cm³/mol. The number of nitrogens with zero attached hydrogens (tertiary/aromatic N) is 2. The number of likely N-dealkylation sites (tertiary alicyclic amines) is 1. The molecule has 1 atom stereocenters. The number of pyridine rings is 1. The number of carbonyl (C=O) groups is 1. The first-order valence-corrected chi connectivity index (χ1v) is 8.74. The largest absolute Gasteiger partial charge is 0.497 e. The highest BCUT2D eigenvalue weighted by atomic mass is 79.9. The molecule has 0 aliphatic carbocycles. The number of aromatic nitrogens is 1. The number of rotatable bonds is 5. The van der Waals surface area contributed by atoms with E-state index in [4.69, 9.17) is 4.74 Å². The number of methoxy groups -OCH3 is 1. The van der Waals surface area contributed by atoms with Gasteiger partial charge in [0.2, 0.25) is 5.91 Å². The lowest BCUT2D eigenvalue weighted by Gasteiger charge is -2.24. The van der Waals surface area contributed by atoms with Gasteiger partial charge in [0.05, 0.1) is 13.7 Å². The number of amides is 1. The molecular weight excluding hydrogens is 370 g/mol. The zero-order valence-electron chi connectivity index (χ0n) is 13.5. The smallest absolute Gasteiger partial charge is 0.239 e. The van der Waals surface area contributed by atoms with E-state index in [-0.39, 0.29) is 11.9 Å². The first kappa shape index (κ1) is 16.9. The molecule has 24 heavy (non-hydrogen) atoms. The van der Waals surface area contributed by atoms with Gasteiger partial charge in [0.15, 0.2) is 0 Å². The molecule has 6 heteroatoms. The van der Waals surface area contributed by atoms with Crippen molar-refractivity contribution in [1.29, 1.82) is 0 Å². The maximum absolute atomic E-state index is 12.3. The van der Waals surface area contributed by atoms with Gasteiger partial charge in [0.1, 0.15) is 11.6 Å². The quantitative estimate of drug-likeness (QED) is 0.847. The van der Waals surface area contributed by atoms with Crippen molar-refractivity contribution in [1.82, 2.24) is 9.88 Å². The summed E-state index contributed by atoms with van der Waals surface area (Å²) in [5.74, 6) is 1.39. The minimum absolute atomic E-state index is 0.0368. The number of carbonyl (C=O) groups excluding carboxylic acids is 1. The van der Waals surface area contributed by atoms with Crippen molar-refractivity contribution in [3.05, 3.63) is 52.6 Å². The highest BCUT2D eigenvalue weighted by Crippen LogP contribution is 2.32. The van der Waals surface area contributed by atoms with Gasteiger partial charge >= 0.3 is 0 Å². The van der Waals surface area contributed by atoms with E-state index in [0.29, 0.717) is 12.4 Å². The van der Waals surface area contributed by atoms with Gasteiger partial charge in [-0.3, -0.25) is 9.69 Å². The van der Waals surface area contributed by atoms with E-state index < -0.39 is 0 Å². The van der Waals surface area contributed by atoms with Crippen LogP contribution in [0.1, 0.15) is 24.4 Å². The number of benzene rings is 1. The Morgan fingerprint density at radius 3 is 2.79 bits per heavy atom. The second-order valence-corrected chi connectivity index (χ2v) is 6.73. The highest BCUT2D eigenvalue weighted by Gasteiger charge is 2.27. The molecule has 0 bridgehead atoms. The molecule has 1 N–H and O–H groups in total. The molecule has 1 unspecified atom stereocenters. The molecule has 0 saturated carbocycles. The Morgan fingerprint density at radius 1 is 1.33 bits per heavy atom. The molecule has 1 aromatic heterocycles. The van der Waals surface area contributed by atoms with Crippen LogP contribution in [-0.4, -0.2) is 36.0 Å². The molecule has 5 nitrogen and oxygen atoms in total. The van der Waals surface area contributed by atoms with Crippen LogP contribution in [0.5, 0.6) is 5.75 Å². The summed E-state index contributed by atoms with van der Waals surface area (Å²) in [6.07, 6.45) is 3.84. The summed E-state index contributed by atoms with van der Waals surface area (Å²) in [4.78, 5) is 18.7. The minimum atomic E-state index is -0.0368. The summed E-state index contributed by atoms with van der Waals surface area (Å²) in [5.41, 5.74) is 1.22. The van der Waals surface area contributed by atoms with E-state index in [0.717, 1.165) is 29.6 Å². The Morgan fingerprint density at radius 2 is 2.12 bits per heavy atom. The van der Waals surface area contributed by atoms with Crippen molar-refractivity contribution in [2.45, 2.75) is 18.9 Å². The van der Waals surface area contributed by atoms with Crippen LogP contribution in [0.25, 0.3) is 0 Å². The Bertz CT molecular complexity index is 688. The fourth-order valence-electron chi connectivity index (χ4n) is 3.04. The Hall–Kier alpha value is -1.92. The first-order valence-electron chi connectivity index (χ1n) is 7.95. The van der Waals surface area contributed by atoms with Crippen molar-refractivity contribution >= 4 is 27.7 Å². The molecule has 126 valence electrons. The molecule has 0 radical (unpaired) electrons. The second-order valence-electron chi connectivity index (χ2n) is 5.81. The molecule has 1 aliphatic rings. The third kappa shape index (κ3) is 4.13. The van der Waals surface area contributed by atoms with Crippen molar-refractivity contribution in [3.8, 4) is 5.75 Å². The molecule has 1 fully saturated rings. The fraction of sp³-hybridized carbons (Fsp3) is 0.333. The van der Waals surface area contributed by atoms with Gasteiger partial charge in [0.25, 0.3) is 0 Å². The van der Waals surface area contributed by atoms with E-state index in [1.54, 1.807) is 19.4 Å². The Kier molecular flexibility index (Phi) is 5.48. The monoisotopic (exact) mass is 389 g/mol. The molecular formula is C18H20BrN3O2. The van der Waals surface area contributed by atoms with Gasteiger partial charge < -0.3 is 10.1 Å². The van der Waals surface area contributed by atoms with Gasteiger partial charge in [-0.25, -0.2) is 4.98 Å². The molecule has 3 rings (SSSR count). The van der Waals surface area contributed by atoms with Crippen molar-refractivity contribution in [2.75, 3.05) is 25.5 Å². The maximum atomic E-state index is 12.3. The van der Waals surface area contributed by atoms with Crippen LogP contribution >= 0.6 is 15.9 Å². The lowest BCUT2D eigenvalue weighted by Crippen LogP contribution is -2.33. The number of nitrogens with one attached hydrogen (secondary N) is 1. The normalized spacial score (nSPS) is 17.7. The van der Waals surface area contributed by atoms with E-state index in [1.165, 1.54) is 5.56 Å². The number of anilines is 1. The van der Waals surface area contributed by atoms with Crippen LogP contribution in [-0.2, 0) is 4.79 Å². The standard InChI is InChI=1S/C18H20BrN3O2/c1-24-15-7-4-13(5-8-15)16-3-2-10-22(16)12-18(23)21-17-9-6-14(19)11-20-17/h4-9,11,16H,2-3,10,12H2,1H3,(H,20,21,23). The van der Waals surface area contributed by atoms with E-state index >= 15 is 0 Å². The van der Waals surface area contributed by atoms with Crippen LogP contribution < -0.4 is 10.1 Å². The lowest BCUT2D eigenvalue weighted by molar-refractivity contribution is -0.117. The van der Waals surface area contributed by atoms with Crippen molar-refractivity contribution < 1.29 is 9.53 Å². The highest BCUT2D eigenvalue weighted by molar-refractivity contribution is 9.10. The zero-order chi connectivity index (χ0) is 16.9. The SMILES string of the molecule is COc1ccc(C2CCCN2CC(=O)Nc2ccc(Br)cn2)cc1. The van der Waals surface area contributed by atoms with E-state index in [1.807, 2.05) is 18.2 Å².